The van der Waals surface area contributed by atoms with Crippen LogP contribution in [0.25, 0.3) is 0 Å². The summed E-state index contributed by atoms with van der Waals surface area (Å²) in [6.45, 7) is 1.13. The van der Waals surface area contributed by atoms with Crippen molar-refractivity contribution in [3.05, 3.63) is 18.3 Å². The van der Waals surface area contributed by atoms with Crippen molar-refractivity contribution in [1.82, 2.24) is 4.98 Å². The number of nitrogens with one attached hydrogen (secondary N) is 1. The Bertz CT molecular complexity index is 322. The molecule has 0 aliphatic heterocycles. The molecule has 0 aromatic carbocycles. The van der Waals surface area contributed by atoms with E-state index in [-0.39, 0.29) is 0 Å². The molecule has 1 aromatic rings. The number of pyridine rings is 1. The minimum Gasteiger partial charge on any atom is -0.374 e. The molecule has 0 atom stereocenters. The van der Waals surface area contributed by atoms with E-state index in [1.54, 1.807) is 6.20 Å². The summed E-state index contributed by atoms with van der Waals surface area (Å²) in [6.07, 6.45) is 5.92. The Morgan fingerprint density at radius 3 is 3.00 bits per heavy atom. The topological polar surface area (TPSA) is 54.2 Å². The van der Waals surface area contributed by atoms with Crippen molar-refractivity contribution in [3.8, 4) is 0 Å². The third-order valence-electron chi connectivity index (χ3n) is 3.09. The zero-order chi connectivity index (χ0) is 10.7. The van der Waals surface area contributed by atoms with Gasteiger partial charge in [-0.15, -0.1) is 0 Å². The zero-order valence-corrected chi connectivity index (χ0v) is 9.11. The van der Waals surface area contributed by atoms with Gasteiger partial charge in [-0.2, -0.15) is 0 Å². The molecule has 4 heteroatoms. The summed E-state index contributed by atoms with van der Waals surface area (Å²) in [4.78, 5) is 6.36. The SMILES string of the molecule is CN(CC1CCC1)c1ccnc(NN)c1. The summed E-state index contributed by atoms with van der Waals surface area (Å²) in [7, 11) is 2.12. The lowest BCUT2D eigenvalue weighted by Gasteiger charge is -2.31. The molecule has 0 unspecified atom stereocenters. The first-order valence-corrected chi connectivity index (χ1v) is 5.43. The second-order valence-electron chi connectivity index (χ2n) is 4.22. The van der Waals surface area contributed by atoms with Gasteiger partial charge in [-0.05, 0) is 24.8 Å². The van der Waals surface area contributed by atoms with Gasteiger partial charge in [0.1, 0.15) is 5.82 Å². The van der Waals surface area contributed by atoms with Gasteiger partial charge in [-0.1, -0.05) is 6.42 Å². The van der Waals surface area contributed by atoms with Crippen LogP contribution in [0.3, 0.4) is 0 Å². The first-order valence-electron chi connectivity index (χ1n) is 5.43. The number of aromatic nitrogens is 1. The highest BCUT2D eigenvalue weighted by molar-refractivity contribution is 5.52. The molecule has 0 saturated heterocycles. The highest BCUT2D eigenvalue weighted by Crippen LogP contribution is 2.28. The van der Waals surface area contributed by atoms with E-state index in [4.69, 9.17) is 5.84 Å². The van der Waals surface area contributed by atoms with E-state index < -0.39 is 0 Å². The van der Waals surface area contributed by atoms with E-state index in [0.29, 0.717) is 5.82 Å². The molecule has 0 amide bonds. The highest BCUT2D eigenvalue weighted by Gasteiger charge is 2.19. The Kier molecular flexibility index (Phi) is 3.06. The second-order valence-corrected chi connectivity index (χ2v) is 4.22. The third kappa shape index (κ3) is 2.39. The second kappa shape index (κ2) is 4.49. The maximum atomic E-state index is 5.33. The third-order valence-corrected chi connectivity index (χ3v) is 3.09. The lowest BCUT2D eigenvalue weighted by molar-refractivity contribution is 0.321. The number of rotatable bonds is 4. The van der Waals surface area contributed by atoms with Gasteiger partial charge in [0.05, 0.1) is 0 Å². The normalized spacial score (nSPS) is 15.9. The standard InChI is InChI=1S/C11H18N4/c1-15(8-9-3-2-4-9)10-5-6-13-11(7-10)14-12/h5-7,9H,2-4,8,12H2,1H3,(H,13,14). The Morgan fingerprint density at radius 1 is 1.60 bits per heavy atom. The van der Waals surface area contributed by atoms with Gasteiger partial charge in [-0.3, -0.25) is 0 Å². The first-order chi connectivity index (χ1) is 7.29. The zero-order valence-electron chi connectivity index (χ0n) is 9.11. The molecule has 0 spiro atoms. The van der Waals surface area contributed by atoms with Crippen molar-refractivity contribution in [3.63, 3.8) is 0 Å². The van der Waals surface area contributed by atoms with Gasteiger partial charge in [0.2, 0.25) is 0 Å². The number of hydrogen-bond acceptors (Lipinski definition) is 4. The van der Waals surface area contributed by atoms with Gasteiger partial charge in [-0.25, -0.2) is 10.8 Å². The molecule has 1 aromatic heterocycles. The number of nitrogens with two attached hydrogens (primary N) is 1. The van der Waals surface area contributed by atoms with Crippen molar-refractivity contribution in [2.75, 3.05) is 23.9 Å². The number of hydrazine groups is 1. The molecule has 1 aliphatic rings. The molecule has 0 radical (unpaired) electrons. The average molecular weight is 206 g/mol. The minimum atomic E-state index is 0.716. The molecular weight excluding hydrogens is 188 g/mol. The summed E-state index contributed by atoms with van der Waals surface area (Å²) in [6, 6.07) is 3.98. The Balaban J connectivity index is 1.99. The van der Waals surface area contributed by atoms with E-state index in [0.717, 1.165) is 12.5 Å². The van der Waals surface area contributed by atoms with Crippen LogP contribution < -0.4 is 16.2 Å². The molecule has 2 rings (SSSR count). The molecule has 0 bridgehead atoms. The lowest BCUT2D eigenvalue weighted by atomic mass is 9.85. The lowest BCUT2D eigenvalue weighted by Crippen LogP contribution is -2.29. The Labute approximate surface area is 90.5 Å². The predicted molar refractivity (Wildman–Crippen MR) is 62.7 cm³/mol. The minimum absolute atomic E-state index is 0.716. The summed E-state index contributed by atoms with van der Waals surface area (Å²) in [5, 5.41) is 0. The van der Waals surface area contributed by atoms with Gasteiger partial charge < -0.3 is 10.3 Å². The molecule has 1 aliphatic carbocycles. The van der Waals surface area contributed by atoms with Crippen molar-refractivity contribution in [1.29, 1.82) is 0 Å². The Morgan fingerprint density at radius 2 is 2.40 bits per heavy atom. The van der Waals surface area contributed by atoms with Crippen molar-refractivity contribution < 1.29 is 0 Å². The molecule has 1 heterocycles. The summed E-state index contributed by atoms with van der Waals surface area (Å²) in [5.74, 6) is 6.91. The molecule has 1 saturated carbocycles. The molecule has 1 fully saturated rings. The van der Waals surface area contributed by atoms with Crippen LogP contribution in [0.5, 0.6) is 0 Å². The maximum absolute atomic E-state index is 5.33. The largest absolute Gasteiger partial charge is 0.374 e. The van der Waals surface area contributed by atoms with Gasteiger partial charge in [0.25, 0.3) is 0 Å². The predicted octanol–water partition coefficient (Wildman–Crippen LogP) is 1.60. The number of anilines is 2. The van der Waals surface area contributed by atoms with E-state index in [1.165, 1.54) is 24.9 Å². The van der Waals surface area contributed by atoms with Gasteiger partial charge in [0, 0.05) is 31.5 Å². The number of hydrogen-bond donors (Lipinski definition) is 2. The van der Waals surface area contributed by atoms with Crippen LogP contribution in [-0.2, 0) is 0 Å². The quantitative estimate of drug-likeness (QED) is 0.580. The fourth-order valence-corrected chi connectivity index (χ4v) is 1.90. The summed E-state index contributed by atoms with van der Waals surface area (Å²) in [5.41, 5.74) is 3.74. The molecule has 4 nitrogen and oxygen atoms in total. The van der Waals surface area contributed by atoms with Gasteiger partial charge in [0.15, 0.2) is 0 Å². The summed E-state index contributed by atoms with van der Waals surface area (Å²) >= 11 is 0. The monoisotopic (exact) mass is 206 g/mol. The number of nitrogens with zero attached hydrogens (tertiary/aromatic N) is 2. The van der Waals surface area contributed by atoms with Crippen molar-refractivity contribution in [2.45, 2.75) is 19.3 Å². The first kappa shape index (κ1) is 10.2. The fraction of sp³-hybridized carbons (Fsp3) is 0.545. The number of nitrogen functional groups attached to an aromatic ring is 1. The maximum Gasteiger partial charge on any atom is 0.141 e. The van der Waals surface area contributed by atoms with E-state index in [2.05, 4.69) is 22.4 Å². The van der Waals surface area contributed by atoms with Crippen LogP contribution in [0.4, 0.5) is 11.5 Å². The summed E-state index contributed by atoms with van der Waals surface area (Å²) < 4.78 is 0. The average Bonchev–Trinajstić information content (AvgIpc) is 2.23. The van der Waals surface area contributed by atoms with Crippen molar-refractivity contribution >= 4 is 11.5 Å². The van der Waals surface area contributed by atoms with Crippen molar-refractivity contribution in [2.24, 2.45) is 11.8 Å². The molecule has 82 valence electrons. The fourth-order valence-electron chi connectivity index (χ4n) is 1.90. The molecular formula is C11H18N4. The Hall–Kier alpha value is -1.29. The van der Waals surface area contributed by atoms with Crippen LogP contribution >= 0.6 is 0 Å². The van der Waals surface area contributed by atoms with Crippen LogP contribution in [0.2, 0.25) is 0 Å². The van der Waals surface area contributed by atoms with Gasteiger partial charge >= 0.3 is 0 Å². The van der Waals surface area contributed by atoms with E-state index in [1.807, 2.05) is 12.1 Å². The van der Waals surface area contributed by atoms with E-state index in [9.17, 15) is 0 Å². The molecule has 3 N–H and O–H groups in total. The smallest absolute Gasteiger partial charge is 0.141 e. The van der Waals surface area contributed by atoms with Crippen LogP contribution in [0.1, 0.15) is 19.3 Å². The van der Waals surface area contributed by atoms with Crippen LogP contribution in [0.15, 0.2) is 18.3 Å². The molecule has 15 heavy (non-hydrogen) atoms. The highest BCUT2D eigenvalue weighted by atomic mass is 15.2. The van der Waals surface area contributed by atoms with Crippen LogP contribution in [0, 0.1) is 5.92 Å². The van der Waals surface area contributed by atoms with Crippen LogP contribution in [-0.4, -0.2) is 18.6 Å². The van der Waals surface area contributed by atoms with E-state index >= 15 is 0 Å².